The second kappa shape index (κ2) is 6.02. The Balaban J connectivity index is 2.20. The van der Waals surface area contributed by atoms with Gasteiger partial charge in [0, 0.05) is 16.9 Å². The summed E-state index contributed by atoms with van der Waals surface area (Å²) >= 11 is 3.10. The van der Waals surface area contributed by atoms with Crippen LogP contribution in [0.15, 0.2) is 40.9 Å². The molecule has 2 aromatic rings. The predicted molar refractivity (Wildman–Crippen MR) is 81.0 cm³/mol. The number of benzene rings is 2. The van der Waals surface area contributed by atoms with Crippen LogP contribution >= 0.6 is 15.9 Å². The summed E-state index contributed by atoms with van der Waals surface area (Å²) < 4.78 is 13.6. The zero-order valence-corrected chi connectivity index (χ0v) is 12.3. The highest BCUT2D eigenvalue weighted by Crippen LogP contribution is 2.24. The number of anilines is 2. The van der Waals surface area contributed by atoms with E-state index in [2.05, 4.69) is 26.7 Å². The molecule has 0 atom stereocenters. The molecule has 6 heteroatoms. The summed E-state index contributed by atoms with van der Waals surface area (Å²) in [6, 6.07) is 9.60. The number of carbonyl (C=O) groups is 1. The van der Waals surface area contributed by atoms with Crippen molar-refractivity contribution in [1.29, 1.82) is 0 Å². The fourth-order valence-corrected chi connectivity index (χ4v) is 2.04. The molecule has 0 aliphatic carbocycles. The van der Waals surface area contributed by atoms with Gasteiger partial charge in [0.15, 0.2) is 0 Å². The molecular formula is C14H13BrFN3O. The molecule has 0 heterocycles. The van der Waals surface area contributed by atoms with Gasteiger partial charge in [0.05, 0.1) is 4.47 Å². The Kier molecular flexibility index (Phi) is 4.36. The summed E-state index contributed by atoms with van der Waals surface area (Å²) in [6.07, 6.45) is 0. The monoisotopic (exact) mass is 337 g/mol. The average molecular weight is 338 g/mol. The quantitative estimate of drug-likeness (QED) is 0.593. The van der Waals surface area contributed by atoms with Crippen molar-refractivity contribution in [2.45, 2.75) is 6.92 Å². The summed E-state index contributed by atoms with van der Waals surface area (Å²) in [4.78, 5) is 12.1. The highest BCUT2D eigenvalue weighted by Gasteiger charge is 2.10. The highest BCUT2D eigenvalue weighted by molar-refractivity contribution is 9.10. The molecule has 0 saturated heterocycles. The molecule has 0 fully saturated rings. The lowest BCUT2D eigenvalue weighted by atomic mass is 10.1. The van der Waals surface area contributed by atoms with E-state index in [1.807, 2.05) is 0 Å². The van der Waals surface area contributed by atoms with E-state index >= 15 is 0 Å². The lowest BCUT2D eigenvalue weighted by Crippen LogP contribution is -2.13. The first-order valence-electron chi connectivity index (χ1n) is 5.85. The van der Waals surface area contributed by atoms with Crippen molar-refractivity contribution < 1.29 is 9.18 Å². The number of nitrogens with one attached hydrogen (secondary N) is 2. The minimum Gasteiger partial charge on any atom is -0.324 e. The van der Waals surface area contributed by atoms with Gasteiger partial charge in [0.2, 0.25) is 0 Å². The molecular weight excluding hydrogens is 325 g/mol. The van der Waals surface area contributed by atoms with Crippen molar-refractivity contribution in [3.05, 3.63) is 57.8 Å². The topological polar surface area (TPSA) is 67.2 Å². The Hall–Kier alpha value is -1.92. The molecule has 0 aliphatic heterocycles. The number of nitrogens with two attached hydrogens (primary N) is 1. The fourth-order valence-electron chi connectivity index (χ4n) is 1.69. The van der Waals surface area contributed by atoms with Crippen LogP contribution in [-0.4, -0.2) is 5.91 Å². The zero-order chi connectivity index (χ0) is 14.7. The largest absolute Gasteiger partial charge is 0.324 e. The molecule has 1 amide bonds. The van der Waals surface area contributed by atoms with Gasteiger partial charge in [-0.3, -0.25) is 10.6 Å². The van der Waals surface area contributed by atoms with E-state index in [-0.39, 0.29) is 11.7 Å². The minimum absolute atomic E-state index is 0.268. The Bertz CT molecular complexity index is 644. The average Bonchev–Trinajstić information content (AvgIpc) is 2.44. The maximum Gasteiger partial charge on any atom is 0.255 e. The number of hydrogen-bond acceptors (Lipinski definition) is 3. The van der Waals surface area contributed by atoms with Gasteiger partial charge < -0.3 is 10.7 Å². The van der Waals surface area contributed by atoms with Crippen molar-refractivity contribution in [1.82, 2.24) is 0 Å². The summed E-state index contributed by atoms with van der Waals surface area (Å²) in [5.74, 6) is 4.63. The Morgan fingerprint density at radius 3 is 2.50 bits per heavy atom. The van der Waals surface area contributed by atoms with Crippen molar-refractivity contribution in [3.8, 4) is 0 Å². The van der Waals surface area contributed by atoms with Crippen LogP contribution in [0.1, 0.15) is 15.9 Å². The summed E-state index contributed by atoms with van der Waals surface area (Å²) in [5.41, 5.74) is 4.90. The Morgan fingerprint density at radius 2 is 1.90 bits per heavy atom. The maximum atomic E-state index is 13.3. The van der Waals surface area contributed by atoms with Gasteiger partial charge in [-0.1, -0.05) is 0 Å². The molecule has 2 rings (SSSR count). The first-order chi connectivity index (χ1) is 9.51. The Labute approximate surface area is 124 Å². The number of hydrogen-bond donors (Lipinski definition) is 3. The van der Waals surface area contributed by atoms with Crippen LogP contribution in [0.25, 0.3) is 0 Å². The van der Waals surface area contributed by atoms with E-state index < -0.39 is 0 Å². The number of carbonyl (C=O) groups excluding carboxylic acids is 1. The van der Waals surface area contributed by atoms with Crippen molar-refractivity contribution in [2.75, 3.05) is 10.7 Å². The molecule has 4 N–H and O–H groups in total. The molecule has 20 heavy (non-hydrogen) atoms. The van der Waals surface area contributed by atoms with E-state index in [1.165, 1.54) is 6.07 Å². The van der Waals surface area contributed by atoms with E-state index in [0.717, 1.165) is 0 Å². The van der Waals surface area contributed by atoms with Crippen LogP contribution in [-0.2, 0) is 0 Å². The van der Waals surface area contributed by atoms with Gasteiger partial charge in [-0.15, -0.1) is 0 Å². The van der Waals surface area contributed by atoms with E-state index in [0.29, 0.717) is 27.0 Å². The third-order valence-corrected chi connectivity index (χ3v) is 3.44. The summed E-state index contributed by atoms with van der Waals surface area (Å²) in [7, 11) is 0. The lowest BCUT2D eigenvalue weighted by Gasteiger charge is -2.10. The molecule has 0 radical (unpaired) electrons. The number of nitrogen functional groups attached to an aromatic ring is 1. The van der Waals surface area contributed by atoms with Crippen LogP contribution in [0.2, 0.25) is 0 Å². The van der Waals surface area contributed by atoms with Crippen molar-refractivity contribution in [2.24, 2.45) is 5.84 Å². The molecule has 0 aliphatic rings. The second-order valence-electron chi connectivity index (χ2n) is 4.26. The smallest absolute Gasteiger partial charge is 0.255 e. The fraction of sp³-hybridized carbons (Fsp3) is 0.0714. The Morgan fingerprint density at radius 1 is 1.25 bits per heavy atom. The third kappa shape index (κ3) is 3.15. The van der Waals surface area contributed by atoms with Gasteiger partial charge in [0.1, 0.15) is 5.82 Å². The molecule has 104 valence electrons. The van der Waals surface area contributed by atoms with Gasteiger partial charge >= 0.3 is 0 Å². The number of halogens is 2. The van der Waals surface area contributed by atoms with E-state index in [4.69, 9.17) is 5.84 Å². The van der Waals surface area contributed by atoms with E-state index in [1.54, 1.807) is 37.3 Å². The molecule has 0 aromatic heterocycles. The minimum atomic E-state index is -0.362. The lowest BCUT2D eigenvalue weighted by molar-refractivity contribution is 0.102. The summed E-state index contributed by atoms with van der Waals surface area (Å²) in [5, 5.41) is 2.74. The number of hydrazine groups is 1. The molecule has 4 nitrogen and oxygen atoms in total. The first kappa shape index (κ1) is 14.5. The molecule has 0 spiro atoms. The van der Waals surface area contributed by atoms with Crippen LogP contribution in [0.5, 0.6) is 0 Å². The van der Waals surface area contributed by atoms with Crippen LogP contribution in [0.4, 0.5) is 15.8 Å². The normalized spacial score (nSPS) is 10.2. The van der Waals surface area contributed by atoms with Gasteiger partial charge in [-0.25, -0.2) is 4.39 Å². The predicted octanol–water partition coefficient (Wildman–Crippen LogP) is 3.43. The number of amides is 1. The molecule has 0 unspecified atom stereocenters. The van der Waals surface area contributed by atoms with Gasteiger partial charge in [-0.05, 0) is 64.8 Å². The third-order valence-electron chi connectivity index (χ3n) is 2.83. The maximum absolute atomic E-state index is 13.3. The number of aryl methyl sites for hydroxylation is 1. The van der Waals surface area contributed by atoms with E-state index in [9.17, 15) is 9.18 Å². The molecule has 0 bridgehead atoms. The summed E-state index contributed by atoms with van der Waals surface area (Å²) in [6.45, 7) is 1.73. The van der Waals surface area contributed by atoms with Crippen molar-refractivity contribution in [3.63, 3.8) is 0 Å². The number of rotatable bonds is 3. The van der Waals surface area contributed by atoms with Gasteiger partial charge in [0.25, 0.3) is 5.91 Å². The van der Waals surface area contributed by atoms with Crippen LogP contribution in [0, 0.1) is 12.7 Å². The van der Waals surface area contributed by atoms with Crippen LogP contribution < -0.4 is 16.6 Å². The van der Waals surface area contributed by atoms with Gasteiger partial charge in [-0.2, -0.15) is 0 Å². The van der Waals surface area contributed by atoms with Crippen LogP contribution in [0.3, 0.4) is 0 Å². The standard InChI is InChI=1S/C14H13BrFN3O/c1-8-6-12(16)11(15)7-13(8)18-14(20)9-2-4-10(19-17)5-3-9/h2-7,19H,17H2,1H3,(H,18,20). The van der Waals surface area contributed by atoms with Crippen molar-refractivity contribution >= 4 is 33.2 Å². The highest BCUT2D eigenvalue weighted by atomic mass is 79.9. The molecule has 2 aromatic carbocycles. The molecule has 0 saturated carbocycles. The SMILES string of the molecule is Cc1cc(F)c(Br)cc1NC(=O)c1ccc(NN)cc1. The zero-order valence-electron chi connectivity index (χ0n) is 10.7. The second-order valence-corrected chi connectivity index (χ2v) is 5.11. The first-order valence-corrected chi connectivity index (χ1v) is 6.64.